The van der Waals surface area contributed by atoms with Gasteiger partial charge in [-0.2, -0.15) is 4.72 Å². The van der Waals surface area contributed by atoms with Crippen LogP contribution in [0.5, 0.6) is 0 Å². The van der Waals surface area contributed by atoms with E-state index in [9.17, 15) is 27.5 Å². The molecule has 0 aliphatic carbocycles. The molecule has 0 radical (unpaired) electrons. The van der Waals surface area contributed by atoms with Crippen molar-refractivity contribution < 1.29 is 27.5 Å². The number of hydrogen-bond acceptors (Lipinski definition) is 5. The van der Waals surface area contributed by atoms with Crippen molar-refractivity contribution in [3.63, 3.8) is 0 Å². The van der Waals surface area contributed by atoms with E-state index in [1.54, 1.807) is 12.1 Å². The van der Waals surface area contributed by atoms with Gasteiger partial charge in [0.1, 0.15) is 17.9 Å². The van der Waals surface area contributed by atoms with E-state index < -0.39 is 39.8 Å². The van der Waals surface area contributed by atoms with Gasteiger partial charge in [-0.3, -0.25) is 9.78 Å². The maximum atomic E-state index is 13.2. The lowest BCUT2D eigenvalue weighted by Crippen LogP contribution is -2.53. The summed E-state index contributed by atoms with van der Waals surface area (Å²) in [4.78, 5) is 28.6. The van der Waals surface area contributed by atoms with Crippen LogP contribution in [0.4, 0.5) is 4.39 Å². The topological polar surface area (TPSA) is 125 Å². The first kappa shape index (κ1) is 26.6. The lowest BCUT2D eigenvalue weighted by Gasteiger charge is -2.22. The summed E-state index contributed by atoms with van der Waals surface area (Å²) in [6, 6.07) is 9.31. The number of amides is 1. The Morgan fingerprint density at radius 1 is 0.971 bits per heavy atom. The maximum Gasteiger partial charge on any atom is 0.326 e. The molecule has 1 amide bonds. The monoisotopic (exact) mass is 539 g/mol. The van der Waals surface area contributed by atoms with Gasteiger partial charge in [-0.15, -0.1) is 0 Å². The number of carboxylic acids is 1. The lowest BCUT2D eigenvalue weighted by molar-refractivity contribution is -0.142. The van der Waals surface area contributed by atoms with Crippen LogP contribution in [0, 0.1) is 5.82 Å². The average molecular weight is 540 g/mol. The first-order valence-corrected chi connectivity index (χ1v) is 12.4. The molecule has 0 fully saturated rings. The van der Waals surface area contributed by atoms with Crippen LogP contribution < -0.4 is 10.0 Å². The molecule has 0 bridgehead atoms. The van der Waals surface area contributed by atoms with Crippen LogP contribution in [-0.2, 0) is 32.5 Å². The third-order valence-corrected chi connectivity index (χ3v) is 6.78. The fourth-order valence-corrected chi connectivity index (χ4v) is 5.13. The number of benzene rings is 2. The zero-order valence-electron chi connectivity index (χ0n) is 18.0. The Bertz CT molecular complexity index is 1290. The number of nitrogens with zero attached hydrogens (tertiary/aromatic N) is 1. The second kappa shape index (κ2) is 11.6. The van der Waals surface area contributed by atoms with Crippen molar-refractivity contribution in [3.8, 4) is 0 Å². The maximum absolute atomic E-state index is 13.2. The average Bonchev–Trinajstić information content (AvgIpc) is 2.79. The molecule has 0 spiro atoms. The van der Waals surface area contributed by atoms with Crippen molar-refractivity contribution in [3.05, 3.63) is 94.0 Å². The Morgan fingerprint density at radius 3 is 2.17 bits per heavy atom. The van der Waals surface area contributed by atoms with Crippen LogP contribution in [0.15, 0.2) is 71.9 Å². The smallest absolute Gasteiger partial charge is 0.326 e. The molecule has 3 N–H and O–H groups in total. The van der Waals surface area contributed by atoms with Crippen LogP contribution in [0.25, 0.3) is 0 Å². The predicted octanol–water partition coefficient (Wildman–Crippen LogP) is 3.23. The standard InChI is InChI=1S/C23H20Cl2FN3O5S/c24-16-10-17(25)12-19(11-16)35(33,34)29-20(9-15-2-1-7-27-13-15)22(30)28-21(23(31)32)8-14-3-5-18(26)6-4-14/h1-7,10-13,20-21,29H,8-9H2,(H,28,30)(H,31,32)/t20-,21-/m0/s1. The first-order chi connectivity index (χ1) is 16.5. The summed E-state index contributed by atoms with van der Waals surface area (Å²) in [6.45, 7) is 0. The normalized spacial score (nSPS) is 13.1. The van der Waals surface area contributed by atoms with Crippen molar-refractivity contribution in [1.82, 2.24) is 15.0 Å². The van der Waals surface area contributed by atoms with E-state index in [4.69, 9.17) is 23.2 Å². The largest absolute Gasteiger partial charge is 0.480 e. The van der Waals surface area contributed by atoms with E-state index in [1.807, 2.05) is 0 Å². The highest BCUT2D eigenvalue weighted by Gasteiger charge is 2.30. The van der Waals surface area contributed by atoms with Gasteiger partial charge in [-0.05, 0) is 53.9 Å². The minimum absolute atomic E-state index is 0.0800. The summed E-state index contributed by atoms with van der Waals surface area (Å²) in [7, 11) is -4.28. The van der Waals surface area contributed by atoms with Crippen molar-refractivity contribution in [2.45, 2.75) is 29.8 Å². The molecule has 8 nitrogen and oxygen atoms in total. The Morgan fingerprint density at radius 2 is 1.60 bits per heavy atom. The van der Waals surface area contributed by atoms with Crippen molar-refractivity contribution >= 4 is 45.1 Å². The fourth-order valence-electron chi connectivity index (χ4n) is 3.21. The molecule has 184 valence electrons. The minimum atomic E-state index is -4.28. The highest BCUT2D eigenvalue weighted by Crippen LogP contribution is 2.22. The molecule has 0 aliphatic heterocycles. The van der Waals surface area contributed by atoms with Gasteiger partial charge in [-0.1, -0.05) is 41.4 Å². The van der Waals surface area contributed by atoms with E-state index in [0.717, 1.165) is 0 Å². The molecular weight excluding hydrogens is 520 g/mol. The molecule has 35 heavy (non-hydrogen) atoms. The van der Waals surface area contributed by atoms with Gasteiger partial charge < -0.3 is 10.4 Å². The van der Waals surface area contributed by atoms with E-state index in [1.165, 1.54) is 54.9 Å². The summed E-state index contributed by atoms with van der Waals surface area (Å²) in [5.41, 5.74) is 1.00. The Labute approximate surface area is 211 Å². The number of carbonyl (C=O) groups is 2. The minimum Gasteiger partial charge on any atom is -0.480 e. The number of pyridine rings is 1. The third-order valence-electron chi connectivity index (χ3n) is 4.89. The van der Waals surface area contributed by atoms with Gasteiger partial charge in [0.2, 0.25) is 15.9 Å². The number of aliphatic carboxylic acids is 1. The first-order valence-electron chi connectivity index (χ1n) is 10.2. The summed E-state index contributed by atoms with van der Waals surface area (Å²) >= 11 is 11.8. The summed E-state index contributed by atoms with van der Waals surface area (Å²) in [6.07, 6.45) is 2.71. The van der Waals surface area contributed by atoms with E-state index in [2.05, 4.69) is 15.0 Å². The molecule has 2 atom stereocenters. The molecule has 3 rings (SSSR count). The third kappa shape index (κ3) is 7.72. The number of carboxylic acid groups (broad SMARTS) is 1. The van der Waals surface area contributed by atoms with Crippen molar-refractivity contribution in [1.29, 1.82) is 0 Å². The van der Waals surface area contributed by atoms with Gasteiger partial charge in [-0.25, -0.2) is 17.6 Å². The van der Waals surface area contributed by atoms with E-state index in [0.29, 0.717) is 11.1 Å². The summed E-state index contributed by atoms with van der Waals surface area (Å²) < 4.78 is 41.5. The Kier molecular flexibility index (Phi) is 8.79. The van der Waals surface area contributed by atoms with Gasteiger partial charge in [0.05, 0.1) is 4.90 Å². The highest BCUT2D eigenvalue weighted by molar-refractivity contribution is 7.89. The van der Waals surface area contributed by atoms with Crippen molar-refractivity contribution in [2.75, 3.05) is 0 Å². The number of sulfonamides is 1. The second-order valence-electron chi connectivity index (χ2n) is 7.57. The molecule has 1 heterocycles. The molecule has 0 saturated carbocycles. The number of carbonyl (C=O) groups excluding carboxylic acids is 1. The van der Waals surface area contributed by atoms with E-state index in [-0.39, 0.29) is 27.8 Å². The second-order valence-corrected chi connectivity index (χ2v) is 10.2. The molecule has 2 aromatic carbocycles. The molecule has 0 aliphatic rings. The molecule has 3 aromatic rings. The van der Waals surface area contributed by atoms with Gasteiger partial charge in [0, 0.05) is 28.9 Å². The lowest BCUT2D eigenvalue weighted by atomic mass is 10.0. The van der Waals surface area contributed by atoms with Crippen LogP contribution in [-0.4, -0.2) is 42.5 Å². The van der Waals surface area contributed by atoms with Crippen molar-refractivity contribution in [2.24, 2.45) is 0 Å². The quantitative estimate of drug-likeness (QED) is 0.363. The van der Waals surface area contributed by atoms with E-state index >= 15 is 0 Å². The highest BCUT2D eigenvalue weighted by atomic mass is 35.5. The van der Waals surface area contributed by atoms with Crippen LogP contribution in [0.1, 0.15) is 11.1 Å². The summed E-state index contributed by atoms with van der Waals surface area (Å²) in [5.74, 6) is -2.70. The number of nitrogens with one attached hydrogen (secondary N) is 2. The molecule has 0 saturated heterocycles. The van der Waals surface area contributed by atoms with Gasteiger partial charge >= 0.3 is 5.97 Å². The van der Waals surface area contributed by atoms with Crippen LogP contribution in [0.3, 0.4) is 0 Å². The van der Waals surface area contributed by atoms with Gasteiger partial charge in [0.15, 0.2) is 0 Å². The van der Waals surface area contributed by atoms with Gasteiger partial charge in [0.25, 0.3) is 0 Å². The number of hydrogen-bond donors (Lipinski definition) is 3. The zero-order chi connectivity index (χ0) is 25.6. The summed E-state index contributed by atoms with van der Waals surface area (Å²) in [5, 5.41) is 12.1. The SMILES string of the molecule is O=C(O)[C@H](Cc1ccc(F)cc1)NC(=O)[C@H](Cc1cccnc1)NS(=O)(=O)c1cc(Cl)cc(Cl)c1. The molecular formula is C23H20Cl2FN3O5S. The number of rotatable bonds is 10. The molecule has 0 unspecified atom stereocenters. The number of aromatic nitrogens is 1. The Balaban J connectivity index is 1.86. The molecule has 1 aromatic heterocycles. The predicted molar refractivity (Wildman–Crippen MR) is 128 cm³/mol. The molecule has 12 heteroatoms. The van der Waals surface area contributed by atoms with Crippen LogP contribution in [0.2, 0.25) is 10.0 Å². The fraction of sp³-hybridized carbons (Fsp3) is 0.174. The Hall–Kier alpha value is -3.05. The zero-order valence-corrected chi connectivity index (χ0v) is 20.3. The number of halogens is 3. The van der Waals surface area contributed by atoms with Crippen LogP contribution >= 0.6 is 23.2 Å².